The summed E-state index contributed by atoms with van der Waals surface area (Å²) in [5.41, 5.74) is 0. The van der Waals surface area contributed by atoms with E-state index in [0.717, 1.165) is 25.7 Å². The molecule has 3 fully saturated rings. The molecule has 2 N–H and O–H groups in total. The molecule has 1 aliphatic carbocycles. The molecule has 8 heteroatoms. The van der Waals surface area contributed by atoms with E-state index in [0.29, 0.717) is 24.2 Å². The number of fused-ring (bicyclic) bond motifs is 1. The lowest BCUT2D eigenvalue weighted by Gasteiger charge is -2.42. The number of nitrogens with zero attached hydrogens (tertiary/aromatic N) is 2. The maximum Gasteiger partial charge on any atom is 0.415 e. The molecule has 3 aliphatic rings. The van der Waals surface area contributed by atoms with Crippen molar-refractivity contribution >= 4 is 35.2 Å². The fourth-order valence-corrected chi connectivity index (χ4v) is 5.33. The van der Waals surface area contributed by atoms with Crippen molar-refractivity contribution in [3.05, 3.63) is 18.2 Å². The third-order valence-electron chi connectivity index (χ3n) is 6.78. The quantitative estimate of drug-likeness (QED) is 0.689. The molecule has 7 nitrogen and oxygen atoms in total. The summed E-state index contributed by atoms with van der Waals surface area (Å²) in [7, 11) is 0. The molecule has 1 aromatic heterocycles. The van der Waals surface area contributed by atoms with Crippen LogP contribution < -0.4 is 15.5 Å². The van der Waals surface area contributed by atoms with Gasteiger partial charge in [-0.15, -0.1) is 11.6 Å². The highest BCUT2D eigenvalue weighted by atomic mass is 35.5. The summed E-state index contributed by atoms with van der Waals surface area (Å²) in [5, 5.41) is 6.80. The van der Waals surface area contributed by atoms with Gasteiger partial charge in [-0.2, -0.15) is 0 Å². The number of nitrogens with one attached hydrogen (secondary N) is 2. The smallest absolute Gasteiger partial charge is 0.415 e. The number of hydrogen-bond acceptors (Lipinski definition) is 5. The predicted octanol–water partition coefficient (Wildman–Crippen LogP) is 3.78. The maximum absolute atomic E-state index is 12.7. The van der Waals surface area contributed by atoms with Crippen LogP contribution in [0.25, 0.3) is 0 Å². The van der Waals surface area contributed by atoms with Crippen LogP contribution in [0, 0.1) is 17.8 Å². The number of halogens is 1. The fraction of sp³-hybridized carbons (Fsp3) is 0.682. The topological polar surface area (TPSA) is 83.6 Å². The predicted molar refractivity (Wildman–Crippen MR) is 117 cm³/mol. The lowest BCUT2D eigenvalue weighted by atomic mass is 9.74. The van der Waals surface area contributed by atoms with Gasteiger partial charge in [0.15, 0.2) is 0 Å². The van der Waals surface area contributed by atoms with E-state index in [1.807, 2.05) is 25.1 Å². The molecule has 4 rings (SSSR count). The average Bonchev–Trinajstić information content (AvgIpc) is 3.09. The number of ether oxygens (including phenoxy) is 1. The molecule has 6 atom stereocenters. The summed E-state index contributed by atoms with van der Waals surface area (Å²) in [6.07, 6.45) is 3.36. The Labute approximate surface area is 182 Å². The molecule has 0 bridgehead atoms. The first-order valence-corrected chi connectivity index (χ1v) is 11.4. The van der Waals surface area contributed by atoms with Gasteiger partial charge in [0.25, 0.3) is 0 Å². The highest BCUT2D eigenvalue weighted by molar-refractivity contribution is 6.20. The van der Waals surface area contributed by atoms with Crippen LogP contribution >= 0.6 is 11.6 Å². The normalized spacial score (nSPS) is 32.4. The summed E-state index contributed by atoms with van der Waals surface area (Å²) in [5.74, 6) is 1.87. The van der Waals surface area contributed by atoms with Gasteiger partial charge < -0.3 is 15.4 Å². The molecular weight excluding hydrogens is 404 g/mol. The second-order valence-corrected chi connectivity index (χ2v) is 9.82. The molecule has 30 heavy (non-hydrogen) atoms. The monoisotopic (exact) mass is 434 g/mol. The largest absolute Gasteiger partial charge is 0.447 e. The average molecular weight is 435 g/mol. The fourth-order valence-electron chi connectivity index (χ4n) is 4.97. The molecule has 1 saturated carbocycles. The van der Waals surface area contributed by atoms with E-state index in [2.05, 4.69) is 29.5 Å². The van der Waals surface area contributed by atoms with E-state index in [4.69, 9.17) is 16.3 Å². The number of hydrogen-bond donors (Lipinski definition) is 2. The van der Waals surface area contributed by atoms with Crippen molar-refractivity contribution in [3.8, 4) is 0 Å². The second-order valence-electron chi connectivity index (χ2n) is 9.20. The molecule has 0 aromatic carbocycles. The van der Waals surface area contributed by atoms with Gasteiger partial charge in [-0.25, -0.2) is 9.78 Å². The molecule has 2 saturated heterocycles. The summed E-state index contributed by atoms with van der Waals surface area (Å²) in [4.78, 5) is 31.3. The van der Waals surface area contributed by atoms with Crippen LogP contribution in [-0.2, 0) is 9.53 Å². The zero-order valence-corrected chi connectivity index (χ0v) is 18.6. The lowest BCUT2D eigenvalue weighted by molar-refractivity contribution is -0.130. The van der Waals surface area contributed by atoms with E-state index in [-0.39, 0.29) is 47.3 Å². The second kappa shape index (κ2) is 8.61. The first-order chi connectivity index (χ1) is 14.3. The Bertz CT molecular complexity index is 804. The molecule has 0 spiro atoms. The summed E-state index contributed by atoms with van der Waals surface area (Å²) >= 11 is 6.37. The summed E-state index contributed by atoms with van der Waals surface area (Å²) in [6.45, 7) is 6.52. The van der Waals surface area contributed by atoms with E-state index in [1.165, 1.54) is 0 Å². The minimum absolute atomic E-state index is 0.0338. The van der Waals surface area contributed by atoms with Crippen LogP contribution in [0.4, 0.5) is 16.4 Å². The number of alkyl halides is 1. The standard InChI is InChI=1S/C22H31ClN4O3/c1-12(2)18-11-30-22(29)27(18)20-6-4-5-19(26-20)24-13(3)16-10-14-9-15(23)7-8-17(14)25-21(16)28/h4-6,12-18H,7-11H2,1-3H3,(H,24,26)(H,25,28)/t13-,14?,15?,16?,17?,18-/m1/s1. The van der Waals surface area contributed by atoms with Crippen LogP contribution in [-0.4, -0.2) is 47.1 Å². The number of amides is 2. The molecular formula is C22H31ClN4O3. The zero-order chi connectivity index (χ0) is 21.4. The van der Waals surface area contributed by atoms with Crippen LogP contribution in [0.2, 0.25) is 0 Å². The van der Waals surface area contributed by atoms with Crippen molar-refractivity contribution in [3.63, 3.8) is 0 Å². The van der Waals surface area contributed by atoms with Gasteiger partial charge in [0.05, 0.1) is 12.0 Å². The first kappa shape index (κ1) is 21.2. The Balaban J connectivity index is 1.46. The first-order valence-electron chi connectivity index (χ1n) is 11.0. The van der Waals surface area contributed by atoms with E-state index >= 15 is 0 Å². The minimum atomic E-state index is -0.364. The number of carbonyl (C=O) groups excluding carboxylic acids is 2. The van der Waals surface area contributed by atoms with Gasteiger partial charge >= 0.3 is 6.09 Å². The molecule has 0 radical (unpaired) electrons. The van der Waals surface area contributed by atoms with Crippen molar-refractivity contribution in [1.29, 1.82) is 0 Å². The highest BCUT2D eigenvalue weighted by Gasteiger charge is 2.41. The molecule has 164 valence electrons. The van der Waals surface area contributed by atoms with Gasteiger partial charge in [-0.05, 0) is 56.6 Å². The lowest BCUT2D eigenvalue weighted by Crippen LogP contribution is -2.55. The number of aromatic nitrogens is 1. The van der Waals surface area contributed by atoms with Crippen LogP contribution in [0.15, 0.2) is 18.2 Å². The van der Waals surface area contributed by atoms with Crippen LogP contribution in [0.5, 0.6) is 0 Å². The van der Waals surface area contributed by atoms with Crippen molar-refractivity contribution < 1.29 is 14.3 Å². The third kappa shape index (κ3) is 4.22. The Morgan fingerprint density at radius 3 is 2.80 bits per heavy atom. The molecule has 4 unspecified atom stereocenters. The number of carbonyl (C=O) groups is 2. The van der Waals surface area contributed by atoms with Crippen LogP contribution in [0.3, 0.4) is 0 Å². The molecule has 2 aliphatic heterocycles. The van der Waals surface area contributed by atoms with Crippen molar-refractivity contribution in [2.24, 2.45) is 17.8 Å². The van der Waals surface area contributed by atoms with E-state index in [9.17, 15) is 9.59 Å². The third-order valence-corrected chi connectivity index (χ3v) is 7.17. The van der Waals surface area contributed by atoms with Crippen LogP contribution in [0.1, 0.15) is 46.5 Å². The highest BCUT2D eigenvalue weighted by Crippen LogP contribution is 2.37. The SMILES string of the molecule is CC(C)[C@H]1COC(=O)N1c1cccc(N[C@H](C)C2CC3CC(Cl)CCC3NC2=O)n1. The molecule has 1 aromatic rings. The Hall–Kier alpha value is -2.02. The number of pyridine rings is 1. The van der Waals surface area contributed by atoms with Crippen molar-refractivity contribution in [2.75, 3.05) is 16.8 Å². The van der Waals surface area contributed by atoms with Gasteiger partial charge in [-0.1, -0.05) is 19.9 Å². The number of piperidine rings is 1. The molecule has 2 amide bonds. The van der Waals surface area contributed by atoms with Gasteiger partial charge in [0.1, 0.15) is 18.2 Å². The number of cyclic esters (lactones) is 1. The summed E-state index contributed by atoms with van der Waals surface area (Å²) < 4.78 is 5.25. The van der Waals surface area contributed by atoms with Gasteiger partial charge in [-0.3, -0.25) is 9.69 Å². The Kier molecular flexibility index (Phi) is 6.09. The van der Waals surface area contributed by atoms with E-state index < -0.39 is 0 Å². The van der Waals surface area contributed by atoms with E-state index in [1.54, 1.807) is 4.90 Å². The number of rotatable bonds is 5. The Morgan fingerprint density at radius 1 is 1.23 bits per heavy atom. The number of anilines is 2. The molecule has 3 heterocycles. The van der Waals surface area contributed by atoms with Gasteiger partial charge in [0, 0.05) is 17.5 Å². The minimum Gasteiger partial charge on any atom is -0.447 e. The van der Waals surface area contributed by atoms with Crippen molar-refractivity contribution in [1.82, 2.24) is 10.3 Å². The van der Waals surface area contributed by atoms with Gasteiger partial charge in [0.2, 0.25) is 5.91 Å². The Morgan fingerprint density at radius 2 is 2.03 bits per heavy atom. The maximum atomic E-state index is 12.7. The summed E-state index contributed by atoms with van der Waals surface area (Å²) in [6, 6.07) is 5.69. The van der Waals surface area contributed by atoms with Crippen molar-refractivity contribution in [2.45, 2.75) is 70.0 Å². The zero-order valence-electron chi connectivity index (χ0n) is 17.8.